The Hall–Kier alpha value is -1.64. The number of nitrogens with one attached hydrogen (secondary N) is 1. The summed E-state index contributed by atoms with van der Waals surface area (Å²) in [6.45, 7) is 1.54. The molecular formula is C13H16F3N3O2. The van der Waals surface area contributed by atoms with Crippen molar-refractivity contribution < 1.29 is 22.7 Å². The van der Waals surface area contributed by atoms with Gasteiger partial charge >= 0.3 is 0 Å². The van der Waals surface area contributed by atoms with Gasteiger partial charge in [0.2, 0.25) is 0 Å². The van der Waals surface area contributed by atoms with Crippen molar-refractivity contribution in [2.75, 3.05) is 6.61 Å². The van der Waals surface area contributed by atoms with Gasteiger partial charge < -0.3 is 16.2 Å². The van der Waals surface area contributed by atoms with Gasteiger partial charge in [-0.2, -0.15) is 0 Å². The number of nitrogens with two attached hydrogens (primary N) is 2. The molecular weight excluding hydrogens is 287 g/mol. The van der Waals surface area contributed by atoms with E-state index in [1.165, 1.54) is 12.1 Å². The molecule has 0 spiro atoms. The van der Waals surface area contributed by atoms with Crippen LogP contribution in [0.4, 0.5) is 13.2 Å². The molecule has 1 aromatic rings. The fourth-order valence-corrected chi connectivity index (χ4v) is 2.31. The van der Waals surface area contributed by atoms with E-state index in [1.807, 2.05) is 0 Å². The highest BCUT2D eigenvalue weighted by Crippen LogP contribution is 2.29. The maximum atomic E-state index is 13.8. The van der Waals surface area contributed by atoms with E-state index in [4.69, 9.17) is 16.2 Å². The van der Waals surface area contributed by atoms with Crippen molar-refractivity contribution in [2.45, 2.75) is 31.2 Å². The predicted molar refractivity (Wildman–Crippen MR) is 69.1 cm³/mol. The van der Waals surface area contributed by atoms with Gasteiger partial charge in [-0.15, -0.1) is 0 Å². The number of hydrogen-bond donors (Lipinski definition) is 3. The first kappa shape index (κ1) is 15.7. The maximum Gasteiger partial charge on any atom is 0.267 e. The smallest absolute Gasteiger partial charge is 0.267 e. The first-order chi connectivity index (χ1) is 9.74. The van der Waals surface area contributed by atoms with Crippen molar-refractivity contribution >= 4 is 5.91 Å². The van der Waals surface area contributed by atoms with Gasteiger partial charge in [0.05, 0.1) is 23.9 Å². The summed E-state index contributed by atoms with van der Waals surface area (Å²) < 4.78 is 44.2. The summed E-state index contributed by atoms with van der Waals surface area (Å²) in [5, 5.41) is 2.81. The SMILES string of the molecule is CC1(c2ccc(C(N)=O)c(F)c2)CO[C@@H](C(F)F)C(N)N1. The van der Waals surface area contributed by atoms with E-state index in [0.717, 1.165) is 6.07 Å². The van der Waals surface area contributed by atoms with E-state index in [2.05, 4.69) is 5.32 Å². The fourth-order valence-electron chi connectivity index (χ4n) is 2.31. The quantitative estimate of drug-likeness (QED) is 0.766. The molecule has 116 valence electrons. The van der Waals surface area contributed by atoms with Gasteiger partial charge in [0.15, 0.2) is 0 Å². The second kappa shape index (κ2) is 5.63. The van der Waals surface area contributed by atoms with Crippen LogP contribution in [-0.4, -0.2) is 31.2 Å². The molecule has 2 rings (SSSR count). The Bertz CT molecular complexity index is 555. The van der Waals surface area contributed by atoms with Crippen LogP contribution < -0.4 is 16.8 Å². The number of alkyl halides is 2. The molecule has 5 N–H and O–H groups in total. The third-order valence-electron chi connectivity index (χ3n) is 3.52. The van der Waals surface area contributed by atoms with Gasteiger partial charge in [-0.1, -0.05) is 6.07 Å². The van der Waals surface area contributed by atoms with E-state index < -0.39 is 36.0 Å². The standard InChI is InChI=1S/C13H16F3N3O2/c1-13(5-21-9(10(15)16)11(17)19-13)6-2-3-7(12(18)20)8(14)4-6/h2-4,9-11,19H,5,17H2,1H3,(H2,18,20)/t9-,11?,13?/m0/s1. The first-order valence-electron chi connectivity index (χ1n) is 6.27. The van der Waals surface area contributed by atoms with Crippen molar-refractivity contribution in [3.63, 3.8) is 0 Å². The number of rotatable bonds is 3. The van der Waals surface area contributed by atoms with E-state index in [0.29, 0.717) is 5.56 Å². The number of ether oxygens (including phenoxy) is 1. The van der Waals surface area contributed by atoms with Crippen LogP contribution in [0.5, 0.6) is 0 Å². The van der Waals surface area contributed by atoms with Gasteiger partial charge in [0.25, 0.3) is 12.3 Å². The van der Waals surface area contributed by atoms with E-state index in [-0.39, 0.29) is 12.2 Å². The minimum Gasteiger partial charge on any atom is -0.367 e. The van der Waals surface area contributed by atoms with E-state index >= 15 is 0 Å². The number of amides is 1. The van der Waals surface area contributed by atoms with Gasteiger partial charge in [-0.3, -0.25) is 10.1 Å². The first-order valence-corrected chi connectivity index (χ1v) is 6.27. The number of primary amides is 1. The molecule has 21 heavy (non-hydrogen) atoms. The minimum atomic E-state index is -2.72. The lowest BCUT2D eigenvalue weighted by Gasteiger charge is -2.42. The third-order valence-corrected chi connectivity index (χ3v) is 3.52. The van der Waals surface area contributed by atoms with Crippen molar-refractivity contribution in [3.05, 3.63) is 35.1 Å². The van der Waals surface area contributed by atoms with Crippen LogP contribution in [0.15, 0.2) is 18.2 Å². The topological polar surface area (TPSA) is 90.4 Å². The summed E-state index contributed by atoms with van der Waals surface area (Å²) in [5.74, 6) is -1.67. The van der Waals surface area contributed by atoms with Crippen molar-refractivity contribution in [2.24, 2.45) is 11.5 Å². The van der Waals surface area contributed by atoms with Crippen LogP contribution in [0, 0.1) is 5.82 Å². The monoisotopic (exact) mass is 303 g/mol. The number of carbonyl (C=O) groups excluding carboxylic acids is 1. The molecule has 2 unspecified atom stereocenters. The molecule has 1 fully saturated rings. The van der Waals surface area contributed by atoms with Gasteiger partial charge in [-0.25, -0.2) is 13.2 Å². The van der Waals surface area contributed by atoms with Gasteiger partial charge in [-0.05, 0) is 24.6 Å². The van der Waals surface area contributed by atoms with Crippen LogP contribution in [0.2, 0.25) is 0 Å². The van der Waals surface area contributed by atoms with E-state index in [9.17, 15) is 18.0 Å². The molecule has 0 radical (unpaired) electrons. The molecule has 8 heteroatoms. The highest BCUT2D eigenvalue weighted by molar-refractivity contribution is 5.93. The minimum absolute atomic E-state index is 0.106. The lowest BCUT2D eigenvalue weighted by molar-refractivity contribution is -0.124. The number of halogens is 3. The van der Waals surface area contributed by atoms with Crippen molar-refractivity contribution in [1.29, 1.82) is 0 Å². The molecule has 1 amide bonds. The maximum absolute atomic E-state index is 13.8. The number of morpholine rings is 1. The molecule has 1 aromatic carbocycles. The molecule has 3 atom stereocenters. The second-order valence-electron chi connectivity index (χ2n) is 5.17. The molecule has 1 aliphatic rings. The zero-order valence-electron chi connectivity index (χ0n) is 11.3. The Balaban J connectivity index is 2.26. The Morgan fingerprint density at radius 1 is 1.52 bits per heavy atom. The highest BCUT2D eigenvalue weighted by atomic mass is 19.3. The molecule has 0 aromatic heterocycles. The molecule has 0 aliphatic carbocycles. The summed E-state index contributed by atoms with van der Waals surface area (Å²) in [4.78, 5) is 11.0. The summed E-state index contributed by atoms with van der Waals surface area (Å²) >= 11 is 0. The summed E-state index contributed by atoms with van der Waals surface area (Å²) in [7, 11) is 0. The Morgan fingerprint density at radius 3 is 2.67 bits per heavy atom. The van der Waals surface area contributed by atoms with Crippen LogP contribution in [-0.2, 0) is 10.3 Å². The number of hydrogen-bond acceptors (Lipinski definition) is 4. The largest absolute Gasteiger partial charge is 0.367 e. The van der Waals surface area contributed by atoms with Crippen LogP contribution in [0.25, 0.3) is 0 Å². The highest BCUT2D eigenvalue weighted by Gasteiger charge is 2.41. The lowest BCUT2D eigenvalue weighted by Crippen LogP contribution is -2.64. The van der Waals surface area contributed by atoms with Gasteiger partial charge in [0.1, 0.15) is 11.9 Å². The Labute approximate surface area is 119 Å². The average molecular weight is 303 g/mol. The molecule has 1 aliphatic heterocycles. The summed E-state index contributed by atoms with van der Waals surface area (Å²) in [5.41, 5.74) is 9.89. The average Bonchev–Trinajstić information content (AvgIpc) is 2.37. The number of benzene rings is 1. The normalized spacial score (nSPS) is 29.6. The predicted octanol–water partition coefficient (Wildman–Crippen LogP) is 0.678. The van der Waals surface area contributed by atoms with Crippen LogP contribution >= 0.6 is 0 Å². The third kappa shape index (κ3) is 3.02. The molecule has 1 saturated heterocycles. The lowest BCUT2D eigenvalue weighted by atomic mass is 9.89. The second-order valence-corrected chi connectivity index (χ2v) is 5.17. The Morgan fingerprint density at radius 2 is 2.19 bits per heavy atom. The van der Waals surface area contributed by atoms with Gasteiger partial charge in [0, 0.05) is 0 Å². The zero-order valence-corrected chi connectivity index (χ0v) is 11.3. The van der Waals surface area contributed by atoms with Crippen molar-refractivity contribution in [3.8, 4) is 0 Å². The Kier molecular flexibility index (Phi) is 4.22. The van der Waals surface area contributed by atoms with E-state index in [1.54, 1.807) is 6.92 Å². The molecule has 0 saturated carbocycles. The van der Waals surface area contributed by atoms with Crippen molar-refractivity contribution in [1.82, 2.24) is 5.32 Å². The summed E-state index contributed by atoms with van der Waals surface area (Å²) in [6.07, 6.45) is -5.23. The molecule has 0 bridgehead atoms. The molecule has 1 heterocycles. The summed E-state index contributed by atoms with van der Waals surface area (Å²) in [6, 6.07) is 3.84. The van der Waals surface area contributed by atoms with Crippen LogP contribution in [0.1, 0.15) is 22.8 Å². The number of carbonyl (C=O) groups is 1. The fraction of sp³-hybridized carbons (Fsp3) is 0.462. The molecule has 5 nitrogen and oxygen atoms in total. The zero-order chi connectivity index (χ0) is 15.8. The van der Waals surface area contributed by atoms with Crippen LogP contribution in [0.3, 0.4) is 0 Å².